The zero-order valence-electron chi connectivity index (χ0n) is 10.6. The van der Waals surface area contributed by atoms with Gasteiger partial charge in [0.05, 0.1) is 0 Å². The third-order valence-corrected chi connectivity index (χ3v) is 3.25. The summed E-state index contributed by atoms with van der Waals surface area (Å²) in [4.78, 5) is 0. The van der Waals surface area contributed by atoms with Gasteiger partial charge in [-0.1, -0.05) is 34.9 Å². The van der Waals surface area contributed by atoms with Gasteiger partial charge in [0.15, 0.2) is 0 Å². The second-order valence-electron chi connectivity index (χ2n) is 4.99. The molecular weight excluding hydrogens is 180 g/mol. The molecule has 1 atom stereocenters. The predicted octanol–water partition coefficient (Wildman–Crippen LogP) is 5.04. The topological polar surface area (TPSA) is 0 Å². The van der Waals surface area contributed by atoms with Crippen LogP contribution in [0.25, 0.3) is 0 Å². The fourth-order valence-electron chi connectivity index (χ4n) is 2.03. The van der Waals surface area contributed by atoms with E-state index in [1.807, 2.05) is 0 Å². The van der Waals surface area contributed by atoms with Gasteiger partial charge >= 0.3 is 0 Å². The SMILES string of the molecule is CC(C)=CC/C=C(/C)[C@@H]1CC=C(C)CC1. The quantitative estimate of drug-likeness (QED) is 0.565. The lowest BCUT2D eigenvalue weighted by atomic mass is 9.85. The summed E-state index contributed by atoms with van der Waals surface area (Å²) >= 11 is 0. The molecule has 1 aliphatic carbocycles. The summed E-state index contributed by atoms with van der Waals surface area (Å²) in [7, 11) is 0. The smallest absolute Gasteiger partial charge is 0.0164 e. The first kappa shape index (κ1) is 12.3. The van der Waals surface area contributed by atoms with Crippen molar-refractivity contribution in [3.8, 4) is 0 Å². The van der Waals surface area contributed by atoms with Gasteiger partial charge in [-0.15, -0.1) is 0 Å². The van der Waals surface area contributed by atoms with E-state index in [1.165, 1.54) is 24.8 Å². The molecule has 0 heterocycles. The number of rotatable bonds is 3. The highest BCUT2D eigenvalue weighted by Crippen LogP contribution is 2.28. The third kappa shape index (κ3) is 4.51. The van der Waals surface area contributed by atoms with Gasteiger partial charge < -0.3 is 0 Å². The largest absolute Gasteiger partial charge is 0.0850 e. The third-order valence-electron chi connectivity index (χ3n) is 3.25. The molecule has 0 heteroatoms. The van der Waals surface area contributed by atoms with Gasteiger partial charge in [0, 0.05) is 0 Å². The molecule has 0 aromatic carbocycles. The van der Waals surface area contributed by atoms with Crippen LogP contribution in [0.15, 0.2) is 34.9 Å². The lowest BCUT2D eigenvalue weighted by Crippen LogP contribution is -2.05. The molecule has 0 N–H and O–H groups in total. The van der Waals surface area contributed by atoms with Crippen molar-refractivity contribution in [2.75, 3.05) is 0 Å². The number of hydrogen-bond acceptors (Lipinski definition) is 0. The molecule has 0 aliphatic heterocycles. The summed E-state index contributed by atoms with van der Waals surface area (Å²) < 4.78 is 0. The Bertz CT molecular complexity index is 285. The molecule has 84 valence electrons. The second kappa shape index (κ2) is 5.95. The molecule has 0 fully saturated rings. The van der Waals surface area contributed by atoms with Crippen molar-refractivity contribution >= 4 is 0 Å². The van der Waals surface area contributed by atoms with Gasteiger partial charge in [-0.25, -0.2) is 0 Å². The van der Waals surface area contributed by atoms with Gasteiger partial charge in [0.2, 0.25) is 0 Å². The Morgan fingerprint density at radius 3 is 2.60 bits per heavy atom. The average molecular weight is 204 g/mol. The molecule has 0 spiro atoms. The van der Waals surface area contributed by atoms with Gasteiger partial charge in [0.1, 0.15) is 0 Å². The molecule has 0 bridgehead atoms. The van der Waals surface area contributed by atoms with E-state index in [4.69, 9.17) is 0 Å². The molecule has 1 aliphatic rings. The van der Waals surface area contributed by atoms with Crippen LogP contribution in [0.3, 0.4) is 0 Å². The standard InChI is InChI=1S/C15H24/c1-12(2)6-5-7-14(4)15-10-8-13(3)9-11-15/h6-8,15H,5,9-11H2,1-4H3/b14-7-/t15-/m1/s1. The molecule has 0 nitrogen and oxygen atoms in total. The normalized spacial score (nSPS) is 22.3. The number of hydrogen-bond donors (Lipinski definition) is 0. The van der Waals surface area contributed by atoms with Crippen LogP contribution in [-0.4, -0.2) is 0 Å². The monoisotopic (exact) mass is 204 g/mol. The molecular formula is C15H24. The van der Waals surface area contributed by atoms with Crippen LogP contribution in [0.2, 0.25) is 0 Å². The van der Waals surface area contributed by atoms with Crippen LogP contribution in [0.5, 0.6) is 0 Å². The highest BCUT2D eigenvalue weighted by Gasteiger charge is 2.13. The van der Waals surface area contributed by atoms with Crippen LogP contribution in [0.1, 0.15) is 53.4 Å². The van der Waals surface area contributed by atoms with E-state index in [9.17, 15) is 0 Å². The van der Waals surface area contributed by atoms with Gasteiger partial charge in [0.25, 0.3) is 0 Å². The van der Waals surface area contributed by atoms with Crippen molar-refractivity contribution in [3.63, 3.8) is 0 Å². The van der Waals surface area contributed by atoms with Crippen molar-refractivity contribution in [1.29, 1.82) is 0 Å². The van der Waals surface area contributed by atoms with Gasteiger partial charge in [-0.3, -0.25) is 0 Å². The number of allylic oxidation sites excluding steroid dienone is 6. The Balaban J connectivity index is 2.47. The van der Waals surface area contributed by atoms with Crippen molar-refractivity contribution in [3.05, 3.63) is 34.9 Å². The molecule has 0 saturated heterocycles. The van der Waals surface area contributed by atoms with E-state index < -0.39 is 0 Å². The minimum absolute atomic E-state index is 0.805. The van der Waals surface area contributed by atoms with Crippen molar-refractivity contribution in [1.82, 2.24) is 0 Å². The van der Waals surface area contributed by atoms with Crippen LogP contribution >= 0.6 is 0 Å². The average Bonchev–Trinajstić information content (AvgIpc) is 2.18. The molecule has 0 aromatic heterocycles. The molecule has 0 amide bonds. The first-order valence-corrected chi connectivity index (χ1v) is 6.05. The Morgan fingerprint density at radius 2 is 2.07 bits per heavy atom. The lowest BCUT2D eigenvalue weighted by Gasteiger charge is -2.21. The van der Waals surface area contributed by atoms with Gasteiger partial charge in [-0.2, -0.15) is 0 Å². The Hall–Kier alpha value is -0.780. The zero-order valence-corrected chi connectivity index (χ0v) is 10.6. The molecule has 1 rings (SSSR count). The minimum atomic E-state index is 0.805. The molecule has 0 unspecified atom stereocenters. The maximum absolute atomic E-state index is 2.41. The predicted molar refractivity (Wildman–Crippen MR) is 68.9 cm³/mol. The van der Waals surface area contributed by atoms with E-state index in [2.05, 4.69) is 45.9 Å². The molecule has 0 aromatic rings. The highest BCUT2D eigenvalue weighted by molar-refractivity contribution is 5.14. The van der Waals surface area contributed by atoms with E-state index >= 15 is 0 Å². The van der Waals surface area contributed by atoms with Crippen LogP contribution in [0, 0.1) is 5.92 Å². The Morgan fingerprint density at radius 1 is 1.33 bits per heavy atom. The Labute approximate surface area is 94.8 Å². The maximum Gasteiger partial charge on any atom is -0.0164 e. The van der Waals surface area contributed by atoms with Crippen molar-refractivity contribution in [2.45, 2.75) is 53.4 Å². The van der Waals surface area contributed by atoms with Crippen molar-refractivity contribution < 1.29 is 0 Å². The van der Waals surface area contributed by atoms with Crippen molar-refractivity contribution in [2.24, 2.45) is 5.92 Å². The fourth-order valence-corrected chi connectivity index (χ4v) is 2.03. The summed E-state index contributed by atoms with van der Waals surface area (Å²) in [5.74, 6) is 0.805. The minimum Gasteiger partial charge on any atom is -0.0850 e. The summed E-state index contributed by atoms with van der Waals surface area (Å²) in [6, 6.07) is 0. The van der Waals surface area contributed by atoms with E-state index in [0.717, 1.165) is 12.3 Å². The molecule has 0 saturated carbocycles. The van der Waals surface area contributed by atoms with Crippen LogP contribution in [-0.2, 0) is 0 Å². The Kier molecular flexibility index (Phi) is 4.87. The van der Waals surface area contributed by atoms with Crippen LogP contribution in [0.4, 0.5) is 0 Å². The first-order valence-electron chi connectivity index (χ1n) is 6.05. The maximum atomic E-state index is 2.41. The lowest BCUT2D eigenvalue weighted by molar-refractivity contribution is 0.537. The molecule has 15 heavy (non-hydrogen) atoms. The first-order chi connectivity index (χ1) is 7.09. The zero-order chi connectivity index (χ0) is 11.3. The van der Waals surface area contributed by atoms with Crippen LogP contribution < -0.4 is 0 Å². The summed E-state index contributed by atoms with van der Waals surface area (Å²) in [5.41, 5.74) is 4.57. The summed E-state index contributed by atoms with van der Waals surface area (Å²) in [6.07, 6.45) is 12.1. The highest BCUT2D eigenvalue weighted by atomic mass is 14.2. The second-order valence-corrected chi connectivity index (χ2v) is 4.99. The van der Waals surface area contributed by atoms with E-state index in [-0.39, 0.29) is 0 Å². The van der Waals surface area contributed by atoms with E-state index in [0.29, 0.717) is 0 Å². The fraction of sp³-hybridized carbons (Fsp3) is 0.600. The summed E-state index contributed by atoms with van der Waals surface area (Å²) in [6.45, 7) is 8.86. The molecule has 0 radical (unpaired) electrons. The summed E-state index contributed by atoms with van der Waals surface area (Å²) in [5, 5.41) is 0. The van der Waals surface area contributed by atoms with E-state index in [1.54, 1.807) is 11.1 Å². The van der Waals surface area contributed by atoms with Gasteiger partial charge in [-0.05, 0) is 59.3 Å².